The third kappa shape index (κ3) is 1.45. The Morgan fingerprint density at radius 2 is 2.05 bits per heavy atom. The lowest BCUT2D eigenvalue weighted by Gasteiger charge is -2.15. The third-order valence-electron chi connectivity index (χ3n) is 4.30. The topological polar surface area (TPSA) is 24.8 Å². The van der Waals surface area contributed by atoms with Crippen LogP contribution >= 0.6 is 0 Å². The number of hydrogen-bond acceptors (Lipinski definition) is 3. The highest BCUT2D eigenvalue weighted by Gasteiger charge is 2.40. The average Bonchev–Trinajstić information content (AvgIpc) is 3.01. The zero-order valence-corrected chi connectivity index (χ0v) is 11.6. The number of ether oxygens (including phenoxy) is 1. The fraction of sp³-hybridized carbons (Fsp3) is 0.438. The average molecular weight is 254 g/mol. The van der Waals surface area contributed by atoms with Crippen molar-refractivity contribution < 1.29 is 4.74 Å². The largest absolute Gasteiger partial charge is 0.475 e. The van der Waals surface area contributed by atoms with E-state index in [1.54, 1.807) is 0 Å². The molecule has 0 radical (unpaired) electrons. The second-order valence-electron chi connectivity index (χ2n) is 6.27. The molecule has 98 valence electrons. The van der Waals surface area contributed by atoms with E-state index in [2.05, 4.69) is 56.1 Å². The van der Waals surface area contributed by atoms with Gasteiger partial charge in [-0.3, -0.25) is 4.90 Å². The smallest absolute Gasteiger partial charge is 0.217 e. The van der Waals surface area contributed by atoms with Gasteiger partial charge < -0.3 is 4.74 Å². The first-order valence-electron chi connectivity index (χ1n) is 6.83. The molecule has 1 aromatic rings. The van der Waals surface area contributed by atoms with E-state index in [4.69, 9.17) is 9.73 Å². The number of likely N-dealkylation sites (N-methyl/N-ethyl adjacent to an activating group) is 1. The molecule has 19 heavy (non-hydrogen) atoms. The molecule has 0 spiro atoms. The van der Waals surface area contributed by atoms with Crippen LogP contribution in [-0.4, -0.2) is 30.0 Å². The van der Waals surface area contributed by atoms with Crippen LogP contribution in [0.4, 0.5) is 0 Å². The Morgan fingerprint density at radius 3 is 2.79 bits per heavy atom. The molecular formula is C16H18N2O. The molecule has 3 heteroatoms. The molecule has 0 saturated heterocycles. The minimum atomic E-state index is -0.0998. The lowest BCUT2D eigenvalue weighted by Crippen LogP contribution is -2.17. The van der Waals surface area contributed by atoms with Crippen molar-refractivity contribution in [3.8, 4) is 0 Å². The predicted octanol–water partition coefficient (Wildman–Crippen LogP) is 2.84. The van der Waals surface area contributed by atoms with Crippen molar-refractivity contribution in [1.29, 1.82) is 0 Å². The van der Waals surface area contributed by atoms with Gasteiger partial charge in [0.15, 0.2) is 0 Å². The summed E-state index contributed by atoms with van der Waals surface area (Å²) in [6.45, 7) is 4.90. The lowest BCUT2D eigenvalue weighted by molar-refractivity contribution is 0.278. The molecule has 3 heterocycles. The van der Waals surface area contributed by atoms with Crippen molar-refractivity contribution in [2.24, 2.45) is 4.99 Å². The number of hydrogen-bond donors (Lipinski definition) is 0. The van der Waals surface area contributed by atoms with Crippen LogP contribution in [0.2, 0.25) is 0 Å². The van der Waals surface area contributed by atoms with Crippen LogP contribution in [0.15, 0.2) is 35.3 Å². The van der Waals surface area contributed by atoms with E-state index in [0.29, 0.717) is 18.7 Å². The maximum Gasteiger partial charge on any atom is 0.217 e. The van der Waals surface area contributed by atoms with Gasteiger partial charge in [0.05, 0.1) is 17.6 Å². The Labute approximate surface area is 113 Å². The Balaban J connectivity index is 1.86. The molecule has 2 atom stereocenters. The molecule has 3 aliphatic rings. The van der Waals surface area contributed by atoms with Gasteiger partial charge in [-0.2, -0.15) is 0 Å². The fourth-order valence-corrected chi connectivity index (χ4v) is 3.36. The molecule has 3 nitrogen and oxygen atoms in total. The van der Waals surface area contributed by atoms with Gasteiger partial charge in [-0.05, 0) is 38.1 Å². The number of nitrogens with zero attached hydrogens (tertiary/aromatic N) is 2. The van der Waals surface area contributed by atoms with Crippen molar-refractivity contribution >= 4 is 5.90 Å². The van der Waals surface area contributed by atoms with Gasteiger partial charge in [-0.1, -0.05) is 24.3 Å². The molecule has 0 aromatic heterocycles. The normalized spacial score (nSPS) is 30.4. The number of rotatable bonds is 1. The lowest BCUT2D eigenvalue weighted by atomic mass is 9.92. The molecule has 2 bridgehead atoms. The SMILES string of the molecule is CN1[C@H]2C=C[C@H]1c1c(C3=NC(C)(C)CO3)cccc12. The highest BCUT2D eigenvalue weighted by Crippen LogP contribution is 2.48. The molecule has 3 aliphatic heterocycles. The molecule has 0 amide bonds. The summed E-state index contributed by atoms with van der Waals surface area (Å²) in [6, 6.07) is 7.29. The van der Waals surface area contributed by atoms with Gasteiger partial charge in [0.1, 0.15) is 6.61 Å². The summed E-state index contributed by atoms with van der Waals surface area (Å²) in [4.78, 5) is 7.13. The van der Waals surface area contributed by atoms with Crippen LogP contribution in [0.25, 0.3) is 0 Å². The second-order valence-corrected chi connectivity index (χ2v) is 6.27. The first kappa shape index (κ1) is 11.2. The van der Waals surface area contributed by atoms with Crippen LogP contribution in [-0.2, 0) is 4.74 Å². The maximum atomic E-state index is 5.83. The van der Waals surface area contributed by atoms with E-state index in [1.165, 1.54) is 16.7 Å². The van der Waals surface area contributed by atoms with Gasteiger partial charge in [0.2, 0.25) is 5.90 Å². The Bertz CT molecular complexity index is 615. The standard InChI is InChI=1S/C16H18N2O/c1-16(2)9-19-15(17-16)11-6-4-5-10-12-7-8-13(14(10)11)18(12)3/h4-8,12-13H,9H2,1-3H3/t12-,13-/m0/s1. The predicted molar refractivity (Wildman–Crippen MR) is 75.4 cm³/mol. The van der Waals surface area contributed by atoms with E-state index in [-0.39, 0.29) is 5.54 Å². The summed E-state index contributed by atoms with van der Waals surface area (Å²) in [6.07, 6.45) is 4.58. The van der Waals surface area contributed by atoms with Crippen LogP contribution < -0.4 is 0 Å². The van der Waals surface area contributed by atoms with Gasteiger partial charge in [0, 0.05) is 5.56 Å². The van der Waals surface area contributed by atoms with Gasteiger partial charge >= 0.3 is 0 Å². The summed E-state index contributed by atoms with van der Waals surface area (Å²) < 4.78 is 5.83. The number of benzene rings is 1. The molecule has 0 aliphatic carbocycles. The van der Waals surface area contributed by atoms with Crippen molar-refractivity contribution in [3.63, 3.8) is 0 Å². The highest BCUT2D eigenvalue weighted by molar-refractivity contribution is 5.98. The fourth-order valence-electron chi connectivity index (χ4n) is 3.36. The van der Waals surface area contributed by atoms with Crippen molar-refractivity contribution in [3.05, 3.63) is 47.0 Å². The highest BCUT2D eigenvalue weighted by atomic mass is 16.5. The monoisotopic (exact) mass is 254 g/mol. The quantitative estimate of drug-likeness (QED) is 0.720. The van der Waals surface area contributed by atoms with Crippen LogP contribution in [0.5, 0.6) is 0 Å². The Hall–Kier alpha value is -1.61. The molecule has 4 rings (SSSR count). The number of aliphatic imine (C=N–C) groups is 1. The van der Waals surface area contributed by atoms with Gasteiger partial charge in [0.25, 0.3) is 0 Å². The number of fused-ring (bicyclic) bond motifs is 5. The van der Waals surface area contributed by atoms with E-state index in [1.807, 2.05) is 0 Å². The van der Waals surface area contributed by atoms with E-state index in [9.17, 15) is 0 Å². The minimum Gasteiger partial charge on any atom is -0.475 e. The summed E-state index contributed by atoms with van der Waals surface area (Å²) in [5.41, 5.74) is 3.86. The molecule has 1 aromatic carbocycles. The first-order chi connectivity index (χ1) is 9.07. The summed E-state index contributed by atoms with van der Waals surface area (Å²) in [5, 5.41) is 0. The molecule has 0 unspecified atom stereocenters. The third-order valence-corrected chi connectivity index (χ3v) is 4.30. The van der Waals surface area contributed by atoms with Crippen LogP contribution in [0.3, 0.4) is 0 Å². The van der Waals surface area contributed by atoms with E-state index >= 15 is 0 Å². The Kier molecular flexibility index (Phi) is 2.06. The van der Waals surface area contributed by atoms with E-state index < -0.39 is 0 Å². The molecule has 0 N–H and O–H groups in total. The zero-order chi connectivity index (χ0) is 13.2. The summed E-state index contributed by atoms with van der Waals surface area (Å²) in [5.74, 6) is 0.816. The maximum absolute atomic E-state index is 5.83. The van der Waals surface area contributed by atoms with Crippen molar-refractivity contribution in [2.45, 2.75) is 31.5 Å². The second kappa shape index (κ2) is 3.48. The summed E-state index contributed by atoms with van der Waals surface area (Å²) in [7, 11) is 2.18. The van der Waals surface area contributed by atoms with Gasteiger partial charge in [-0.25, -0.2) is 4.99 Å². The molecular weight excluding hydrogens is 236 g/mol. The summed E-state index contributed by atoms with van der Waals surface area (Å²) >= 11 is 0. The van der Waals surface area contributed by atoms with Crippen molar-refractivity contribution in [2.75, 3.05) is 13.7 Å². The van der Waals surface area contributed by atoms with Crippen LogP contribution in [0.1, 0.15) is 42.6 Å². The molecule has 0 fully saturated rings. The minimum absolute atomic E-state index is 0.0998. The molecule has 0 saturated carbocycles. The van der Waals surface area contributed by atoms with Gasteiger partial charge in [-0.15, -0.1) is 0 Å². The van der Waals surface area contributed by atoms with Crippen LogP contribution in [0, 0.1) is 0 Å². The zero-order valence-electron chi connectivity index (χ0n) is 11.6. The first-order valence-corrected chi connectivity index (χ1v) is 6.83. The van der Waals surface area contributed by atoms with E-state index in [0.717, 1.165) is 5.90 Å². The Morgan fingerprint density at radius 1 is 1.26 bits per heavy atom. The van der Waals surface area contributed by atoms with Crippen molar-refractivity contribution in [1.82, 2.24) is 4.90 Å².